The van der Waals surface area contributed by atoms with Gasteiger partial charge in [0, 0.05) is 17.1 Å². The van der Waals surface area contributed by atoms with E-state index >= 15 is 0 Å². The van der Waals surface area contributed by atoms with E-state index in [9.17, 15) is 0 Å². The highest BCUT2D eigenvalue weighted by Gasteiger charge is 2.16. The van der Waals surface area contributed by atoms with Gasteiger partial charge in [-0.15, -0.1) is 0 Å². The van der Waals surface area contributed by atoms with E-state index in [0.717, 1.165) is 28.2 Å². The van der Waals surface area contributed by atoms with Crippen LogP contribution in [-0.4, -0.2) is 0 Å². The largest absolute Gasteiger partial charge is 0.310 e. The van der Waals surface area contributed by atoms with Crippen LogP contribution in [0.5, 0.6) is 0 Å². The summed E-state index contributed by atoms with van der Waals surface area (Å²) in [7, 11) is 0. The molecule has 0 fully saturated rings. The lowest BCUT2D eigenvalue weighted by atomic mass is 9.91. The fourth-order valence-corrected chi connectivity index (χ4v) is 8.94. The molecule has 0 bridgehead atoms. The first kappa shape index (κ1) is 41.4. The molecule has 0 spiro atoms. The van der Waals surface area contributed by atoms with Crippen molar-refractivity contribution in [3.63, 3.8) is 0 Å². The summed E-state index contributed by atoms with van der Waals surface area (Å²) >= 11 is 0. The first-order valence-corrected chi connectivity index (χ1v) is 22.0. The van der Waals surface area contributed by atoms with Crippen molar-refractivity contribution in [2.75, 3.05) is 4.90 Å². The predicted molar refractivity (Wildman–Crippen MR) is 281 cm³/mol. The molecule has 11 aromatic rings. The van der Waals surface area contributed by atoms with Crippen LogP contribution in [0.25, 0.3) is 77.1 Å². The highest BCUT2D eigenvalue weighted by Crippen LogP contribution is 2.41. The van der Waals surface area contributed by atoms with E-state index in [-0.39, 0.29) is 0 Å². The minimum absolute atomic E-state index is 1.11. The number of nitrogens with zero attached hydrogens (tertiary/aromatic N) is 1. The average Bonchev–Trinajstić information content (AvgIpc) is 3.35. The third-order valence-electron chi connectivity index (χ3n) is 12.1. The minimum atomic E-state index is 1.11. The third kappa shape index (κ3) is 8.32. The van der Waals surface area contributed by atoms with Gasteiger partial charge in [-0.1, -0.05) is 224 Å². The second-order valence-electron chi connectivity index (χ2n) is 16.4. The van der Waals surface area contributed by atoms with Crippen LogP contribution in [0.15, 0.2) is 232 Å². The Morgan fingerprint density at radius 1 is 0.281 bits per heavy atom. The molecule has 0 aromatic heterocycles. The molecule has 1 heteroatoms. The van der Waals surface area contributed by atoms with Gasteiger partial charge in [-0.05, 0) is 133 Å². The van der Waals surface area contributed by atoms with E-state index < -0.39 is 0 Å². The first-order valence-electron chi connectivity index (χ1n) is 22.0. The number of benzene rings is 11. The molecule has 0 saturated carbocycles. The third-order valence-corrected chi connectivity index (χ3v) is 12.1. The molecule has 1 nitrogen and oxygen atoms in total. The van der Waals surface area contributed by atoms with Crippen molar-refractivity contribution in [2.45, 2.75) is 20.8 Å². The van der Waals surface area contributed by atoms with Gasteiger partial charge in [-0.25, -0.2) is 0 Å². The molecule has 0 aliphatic carbocycles. The summed E-state index contributed by atoms with van der Waals surface area (Å²) in [6, 6.07) is 77.7. The highest BCUT2D eigenvalue weighted by molar-refractivity contribution is 6.25. The Kier molecular flexibility index (Phi) is 12.0. The Labute approximate surface area is 377 Å². The van der Waals surface area contributed by atoms with Gasteiger partial charge in [0.1, 0.15) is 0 Å². The zero-order valence-electron chi connectivity index (χ0n) is 36.8. The van der Waals surface area contributed by atoms with Crippen LogP contribution in [0.1, 0.15) is 27.8 Å². The van der Waals surface area contributed by atoms with E-state index in [1.807, 2.05) is 30.4 Å². The molecule has 64 heavy (non-hydrogen) atoms. The molecule has 0 amide bonds. The second kappa shape index (κ2) is 18.5. The molecule has 0 aliphatic rings. The van der Waals surface area contributed by atoms with E-state index in [2.05, 4.69) is 239 Å². The predicted octanol–water partition coefficient (Wildman–Crippen LogP) is 18.2. The number of fused-ring (bicyclic) bond motifs is 9. The standard InChI is InChI=1S/C37H29N.C19H14.C7H8/c1-4-32-33(5-2)36-24-23-31(25-37(36)35-14-10-9-13-34(32)35)38(29-11-7-6-8-12-29)30-21-19-28(20-22-30)27-17-15-26(3)16-18-27;1-13-10-11-18-16-8-3-2-6-14(16)15-7-4-5-9-17(15)19(18)12-13;1-7-5-3-2-4-6-7/h4-25H,1-2H2,3H3;2-12H,1H3;2-6H,1H3. The molecule has 308 valence electrons. The maximum atomic E-state index is 4.13. The van der Waals surface area contributed by atoms with Crippen molar-refractivity contribution in [1.29, 1.82) is 0 Å². The number of hydrogen-bond donors (Lipinski definition) is 0. The Balaban J connectivity index is 0.000000163. The monoisotopic (exact) mass is 821 g/mol. The Hall–Kier alpha value is -8.00. The number of anilines is 3. The van der Waals surface area contributed by atoms with Gasteiger partial charge in [-0.3, -0.25) is 0 Å². The van der Waals surface area contributed by atoms with Crippen LogP contribution in [0, 0.1) is 20.8 Å². The average molecular weight is 822 g/mol. The Morgan fingerprint density at radius 3 is 1.14 bits per heavy atom. The van der Waals surface area contributed by atoms with Crippen molar-refractivity contribution in [3.05, 3.63) is 259 Å². The highest BCUT2D eigenvalue weighted by atomic mass is 15.1. The summed E-state index contributed by atoms with van der Waals surface area (Å²) in [4.78, 5) is 2.32. The zero-order chi connectivity index (χ0) is 44.0. The van der Waals surface area contributed by atoms with Crippen LogP contribution in [0.2, 0.25) is 0 Å². The maximum Gasteiger partial charge on any atom is 0.0468 e. The van der Waals surface area contributed by atoms with Gasteiger partial charge in [0.25, 0.3) is 0 Å². The van der Waals surface area contributed by atoms with E-state index in [1.54, 1.807) is 0 Å². The van der Waals surface area contributed by atoms with Gasteiger partial charge in [0.05, 0.1) is 0 Å². The summed E-state index contributed by atoms with van der Waals surface area (Å²) in [6.07, 6.45) is 3.89. The van der Waals surface area contributed by atoms with Crippen LogP contribution in [-0.2, 0) is 0 Å². The molecule has 0 radical (unpaired) electrons. The maximum absolute atomic E-state index is 4.13. The molecule has 0 heterocycles. The van der Waals surface area contributed by atoms with E-state index in [1.165, 1.54) is 81.7 Å². The lowest BCUT2D eigenvalue weighted by Crippen LogP contribution is -2.09. The van der Waals surface area contributed by atoms with Gasteiger partial charge in [0.2, 0.25) is 0 Å². The normalized spacial score (nSPS) is 10.9. The van der Waals surface area contributed by atoms with Gasteiger partial charge in [0.15, 0.2) is 0 Å². The molecule has 0 unspecified atom stereocenters. The summed E-state index contributed by atoms with van der Waals surface area (Å²) in [6.45, 7) is 14.6. The molecule has 0 atom stereocenters. The van der Waals surface area contributed by atoms with Crippen LogP contribution in [0.4, 0.5) is 17.1 Å². The topological polar surface area (TPSA) is 3.24 Å². The molecule has 0 aliphatic heterocycles. The lowest BCUT2D eigenvalue weighted by molar-refractivity contribution is 1.29. The van der Waals surface area contributed by atoms with Crippen molar-refractivity contribution >= 4 is 83.1 Å². The van der Waals surface area contributed by atoms with Crippen molar-refractivity contribution in [2.24, 2.45) is 0 Å². The van der Waals surface area contributed by atoms with Crippen molar-refractivity contribution in [3.8, 4) is 11.1 Å². The van der Waals surface area contributed by atoms with Crippen LogP contribution in [0.3, 0.4) is 0 Å². The second-order valence-corrected chi connectivity index (χ2v) is 16.4. The summed E-state index contributed by atoms with van der Waals surface area (Å²) in [5, 5.41) is 12.9. The Bertz CT molecular complexity index is 3380. The zero-order valence-corrected chi connectivity index (χ0v) is 36.8. The molecular formula is C63H51N. The first-order chi connectivity index (χ1) is 31.4. The smallest absolute Gasteiger partial charge is 0.0468 e. The Morgan fingerprint density at radius 2 is 0.625 bits per heavy atom. The lowest BCUT2D eigenvalue weighted by Gasteiger charge is -2.26. The quantitative estimate of drug-likeness (QED) is 0.151. The molecule has 0 saturated heterocycles. The number of rotatable bonds is 6. The summed E-state index contributed by atoms with van der Waals surface area (Å²) in [5.41, 5.74) is 11.9. The number of para-hydroxylation sites is 1. The van der Waals surface area contributed by atoms with Gasteiger partial charge in [-0.2, -0.15) is 0 Å². The molecular weight excluding hydrogens is 771 g/mol. The van der Waals surface area contributed by atoms with Crippen LogP contribution < -0.4 is 4.90 Å². The van der Waals surface area contributed by atoms with Crippen molar-refractivity contribution in [1.82, 2.24) is 0 Å². The van der Waals surface area contributed by atoms with E-state index in [4.69, 9.17) is 0 Å². The molecule has 0 N–H and O–H groups in total. The van der Waals surface area contributed by atoms with Gasteiger partial charge < -0.3 is 4.90 Å². The summed E-state index contributed by atoms with van der Waals surface area (Å²) < 4.78 is 0. The SMILES string of the molecule is C=Cc1c(C=C)c2ccc(N(c3ccccc3)c3ccc(-c4ccc(C)cc4)cc3)cc2c2ccccc12.Cc1ccc2c3ccccc3c3ccccc3c2c1.Cc1ccccc1. The fourth-order valence-electron chi connectivity index (χ4n) is 8.94. The van der Waals surface area contributed by atoms with Crippen LogP contribution >= 0.6 is 0 Å². The fraction of sp³-hybridized carbons (Fsp3) is 0.0476. The van der Waals surface area contributed by atoms with Gasteiger partial charge >= 0.3 is 0 Å². The van der Waals surface area contributed by atoms with E-state index in [0.29, 0.717) is 0 Å². The number of aryl methyl sites for hydroxylation is 3. The molecule has 11 rings (SSSR count). The van der Waals surface area contributed by atoms with Crippen molar-refractivity contribution < 1.29 is 0 Å². The summed E-state index contributed by atoms with van der Waals surface area (Å²) in [5.74, 6) is 0. The molecule has 11 aromatic carbocycles. The minimum Gasteiger partial charge on any atom is -0.310 e. The number of hydrogen-bond acceptors (Lipinski definition) is 1.